The number of fused-ring (bicyclic) bond motifs is 2. The maximum Gasteiger partial charge on any atom is 0.215 e. The number of carbonyl (C=O) groups excluding carboxylic acids is 1. The molecule has 212 valence electrons. The Morgan fingerprint density at radius 1 is 1.08 bits per heavy atom. The second-order valence-electron chi connectivity index (χ2n) is 11.8. The number of ketones is 1. The first-order valence-corrected chi connectivity index (χ1v) is 15.8. The second-order valence-corrected chi connectivity index (χ2v) is 14.2. The van der Waals surface area contributed by atoms with Crippen LogP contribution in [0.5, 0.6) is 5.75 Å². The number of hydrogen-bond acceptors (Lipinski definition) is 6. The summed E-state index contributed by atoms with van der Waals surface area (Å²) >= 11 is 6.14. The summed E-state index contributed by atoms with van der Waals surface area (Å²) in [6.45, 7) is 7.29. The van der Waals surface area contributed by atoms with Gasteiger partial charge in [-0.25, -0.2) is 8.42 Å². The van der Waals surface area contributed by atoms with Gasteiger partial charge in [-0.15, -0.1) is 0 Å². The number of rotatable bonds is 10. The van der Waals surface area contributed by atoms with Gasteiger partial charge in [0.15, 0.2) is 0 Å². The van der Waals surface area contributed by atoms with Gasteiger partial charge in [0.1, 0.15) is 11.5 Å². The number of methoxy groups -OCH3 is 1. The Bertz CT molecular complexity index is 1290. The zero-order valence-corrected chi connectivity index (χ0v) is 24.6. The van der Waals surface area contributed by atoms with E-state index in [9.17, 15) is 13.2 Å². The molecule has 2 aliphatic carbocycles. The van der Waals surface area contributed by atoms with Gasteiger partial charge in [0.25, 0.3) is 0 Å². The van der Waals surface area contributed by atoms with Crippen LogP contribution in [0.15, 0.2) is 48.5 Å². The van der Waals surface area contributed by atoms with E-state index in [1.807, 2.05) is 48.5 Å². The quantitative estimate of drug-likeness (QED) is 0.400. The number of carbonyl (C=O) groups is 1. The number of piperazine rings is 1. The highest BCUT2D eigenvalue weighted by Crippen LogP contribution is 2.64. The number of Topliss-reactive ketones (excluding diaryl/α,β-unsaturated/α-hetero) is 1. The molecule has 0 radical (unpaired) electrons. The third-order valence-corrected chi connectivity index (χ3v) is 11.8. The first-order valence-electron chi connectivity index (χ1n) is 13.8. The van der Waals surface area contributed by atoms with E-state index >= 15 is 0 Å². The fraction of sp³-hybridized carbons (Fsp3) is 0.567. The van der Waals surface area contributed by atoms with Gasteiger partial charge >= 0.3 is 0 Å². The molecule has 0 amide bonds. The van der Waals surface area contributed by atoms with E-state index in [0.717, 1.165) is 23.3 Å². The molecule has 2 aromatic carbocycles. The maximum absolute atomic E-state index is 13.6. The summed E-state index contributed by atoms with van der Waals surface area (Å²) in [5.74, 6) is 1.18. The summed E-state index contributed by atoms with van der Waals surface area (Å²) in [5.41, 5.74) is 1.04. The lowest BCUT2D eigenvalue weighted by molar-refractivity contribution is -0.128. The van der Waals surface area contributed by atoms with E-state index < -0.39 is 15.4 Å². The van der Waals surface area contributed by atoms with Crippen LogP contribution >= 0.6 is 11.6 Å². The van der Waals surface area contributed by atoms with Gasteiger partial charge in [-0.05, 0) is 59.6 Å². The van der Waals surface area contributed by atoms with Gasteiger partial charge in [0.2, 0.25) is 10.0 Å². The minimum atomic E-state index is -3.55. The standard InChI is InChI=1S/C30H39ClN2O5S/c1-29(2)24-11-12-30(29,28(34)18-24)21-39(35,36)33-15-13-32(14-16-33)19-27(23-7-9-25(31)10-8-23)38-20-22-5-4-6-26(17-22)37-3/h4-10,17,24,27H,11-16,18-21H2,1-3H3/t24-,27?,30-/m0/s1. The zero-order chi connectivity index (χ0) is 27.8. The molecule has 1 saturated heterocycles. The van der Waals surface area contributed by atoms with Crippen LogP contribution in [-0.4, -0.2) is 69.0 Å². The molecular formula is C30H39ClN2O5S. The van der Waals surface area contributed by atoms with Crippen LogP contribution in [0.3, 0.4) is 0 Å². The lowest BCUT2D eigenvalue weighted by Gasteiger charge is -2.40. The fourth-order valence-corrected chi connectivity index (χ4v) is 9.15. The Morgan fingerprint density at radius 3 is 2.41 bits per heavy atom. The number of halogens is 1. The third-order valence-electron chi connectivity index (χ3n) is 9.54. The molecule has 2 bridgehead atoms. The zero-order valence-electron chi connectivity index (χ0n) is 23.1. The SMILES string of the molecule is COc1cccc(COC(CN2CCN(S(=O)(=O)C[C@@]34CC[C@@H](CC3=O)C4(C)C)CC2)c2ccc(Cl)cc2)c1. The van der Waals surface area contributed by atoms with Gasteiger partial charge in [-0.3, -0.25) is 9.69 Å². The summed E-state index contributed by atoms with van der Waals surface area (Å²) < 4.78 is 40.5. The summed E-state index contributed by atoms with van der Waals surface area (Å²) in [6.07, 6.45) is 1.96. The first kappa shape index (κ1) is 28.6. The monoisotopic (exact) mass is 574 g/mol. The van der Waals surface area contributed by atoms with Crippen LogP contribution in [0, 0.1) is 16.7 Å². The van der Waals surface area contributed by atoms with E-state index in [0.29, 0.717) is 63.1 Å². The van der Waals surface area contributed by atoms with Crippen molar-refractivity contribution in [3.63, 3.8) is 0 Å². The molecule has 3 atom stereocenters. The van der Waals surface area contributed by atoms with Crippen molar-refractivity contribution in [3.8, 4) is 5.75 Å². The van der Waals surface area contributed by atoms with Crippen molar-refractivity contribution < 1.29 is 22.7 Å². The van der Waals surface area contributed by atoms with Crippen LogP contribution in [0.25, 0.3) is 0 Å². The van der Waals surface area contributed by atoms with Crippen molar-refractivity contribution in [2.45, 2.75) is 45.8 Å². The molecule has 39 heavy (non-hydrogen) atoms. The van der Waals surface area contributed by atoms with E-state index in [2.05, 4.69) is 18.7 Å². The normalized spacial score (nSPS) is 26.2. The molecule has 7 nitrogen and oxygen atoms in total. The molecule has 1 heterocycles. The first-order chi connectivity index (χ1) is 18.5. The molecule has 0 aromatic heterocycles. The Balaban J connectivity index is 1.23. The molecular weight excluding hydrogens is 536 g/mol. The average Bonchev–Trinajstić information content (AvgIpc) is 3.26. The Morgan fingerprint density at radius 2 is 1.79 bits per heavy atom. The Kier molecular flexibility index (Phi) is 8.15. The van der Waals surface area contributed by atoms with Crippen molar-refractivity contribution in [3.05, 3.63) is 64.7 Å². The van der Waals surface area contributed by atoms with E-state index in [1.54, 1.807) is 11.4 Å². The van der Waals surface area contributed by atoms with Gasteiger partial charge < -0.3 is 9.47 Å². The van der Waals surface area contributed by atoms with Gasteiger partial charge in [0, 0.05) is 49.6 Å². The highest BCUT2D eigenvalue weighted by Gasteiger charge is 2.65. The highest BCUT2D eigenvalue weighted by atomic mass is 35.5. The van der Waals surface area contributed by atoms with E-state index in [1.165, 1.54) is 0 Å². The Hall–Kier alpha value is -1.97. The van der Waals surface area contributed by atoms with E-state index in [4.69, 9.17) is 21.1 Å². The predicted octanol–water partition coefficient (Wildman–Crippen LogP) is 4.95. The Labute approximate surface area is 237 Å². The number of hydrogen-bond donors (Lipinski definition) is 0. The summed E-state index contributed by atoms with van der Waals surface area (Å²) in [7, 11) is -1.90. The van der Waals surface area contributed by atoms with Crippen molar-refractivity contribution in [2.75, 3.05) is 45.6 Å². The number of sulfonamides is 1. The van der Waals surface area contributed by atoms with Crippen molar-refractivity contribution in [2.24, 2.45) is 16.7 Å². The van der Waals surface area contributed by atoms with Crippen LogP contribution in [0.4, 0.5) is 0 Å². The number of nitrogens with zero attached hydrogens (tertiary/aromatic N) is 2. The molecule has 9 heteroatoms. The van der Waals surface area contributed by atoms with Crippen molar-refractivity contribution in [1.29, 1.82) is 0 Å². The largest absolute Gasteiger partial charge is 0.497 e. The van der Waals surface area contributed by atoms with Crippen LogP contribution in [0.2, 0.25) is 5.02 Å². The highest BCUT2D eigenvalue weighted by molar-refractivity contribution is 7.89. The minimum absolute atomic E-state index is 0.0562. The van der Waals surface area contributed by atoms with Crippen LogP contribution < -0.4 is 4.74 Å². The summed E-state index contributed by atoms with van der Waals surface area (Å²) in [4.78, 5) is 15.2. The fourth-order valence-electron chi connectivity index (χ4n) is 6.83. The molecule has 5 rings (SSSR count). The van der Waals surface area contributed by atoms with Gasteiger partial charge in [0.05, 0.1) is 25.6 Å². The molecule has 3 fully saturated rings. The molecule has 0 N–H and O–H groups in total. The van der Waals surface area contributed by atoms with Crippen LogP contribution in [0.1, 0.15) is 50.3 Å². The van der Waals surface area contributed by atoms with Gasteiger partial charge in [-0.1, -0.05) is 49.7 Å². The lowest BCUT2D eigenvalue weighted by Crippen LogP contribution is -2.53. The molecule has 2 aromatic rings. The molecule has 2 saturated carbocycles. The molecule has 1 unspecified atom stereocenters. The smallest absolute Gasteiger partial charge is 0.215 e. The second kappa shape index (κ2) is 11.1. The molecule has 3 aliphatic rings. The van der Waals surface area contributed by atoms with Crippen molar-refractivity contribution >= 4 is 27.4 Å². The lowest BCUT2D eigenvalue weighted by atomic mass is 9.70. The van der Waals surface area contributed by atoms with Gasteiger partial charge in [-0.2, -0.15) is 4.31 Å². The number of ether oxygens (including phenoxy) is 2. The predicted molar refractivity (Wildman–Crippen MR) is 152 cm³/mol. The summed E-state index contributed by atoms with van der Waals surface area (Å²) in [5, 5.41) is 0.668. The van der Waals surface area contributed by atoms with E-state index in [-0.39, 0.29) is 23.1 Å². The number of benzene rings is 2. The minimum Gasteiger partial charge on any atom is -0.497 e. The third kappa shape index (κ3) is 5.64. The van der Waals surface area contributed by atoms with Crippen LogP contribution in [-0.2, 0) is 26.2 Å². The molecule has 1 aliphatic heterocycles. The maximum atomic E-state index is 13.6. The molecule has 0 spiro atoms. The van der Waals surface area contributed by atoms with Crippen molar-refractivity contribution in [1.82, 2.24) is 9.21 Å². The summed E-state index contributed by atoms with van der Waals surface area (Å²) in [6, 6.07) is 15.5. The topological polar surface area (TPSA) is 76.2 Å². The average molecular weight is 575 g/mol.